The maximum Gasteiger partial charge on any atom is 0.242 e. The molecule has 0 radical (unpaired) electrons. The second-order valence-corrected chi connectivity index (χ2v) is 5.66. The van der Waals surface area contributed by atoms with Crippen LogP contribution >= 0.6 is 0 Å². The van der Waals surface area contributed by atoms with Crippen molar-refractivity contribution in [2.45, 2.75) is 46.7 Å². The molecular formula is C13H22N4O2. The van der Waals surface area contributed by atoms with E-state index in [-0.39, 0.29) is 30.4 Å². The van der Waals surface area contributed by atoms with Crippen molar-refractivity contribution in [1.82, 2.24) is 20.4 Å². The highest BCUT2D eigenvalue weighted by molar-refractivity contribution is 5.84. The molecule has 0 fully saturated rings. The van der Waals surface area contributed by atoms with Crippen molar-refractivity contribution < 1.29 is 9.59 Å². The molecule has 0 atom stereocenters. The van der Waals surface area contributed by atoms with Gasteiger partial charge in [-0.3, -0.25) is 14.3 Å². The van der Waals surface area contributed by atoms with Crippen molar-refractivity contribution >= 4 is 11.8 Å². The summed E-state index contributed by atoms with van der Waals surface area (Å²) in [4.78, 5) is 23.2. The van der Waals surface area contributed by atoms with E-state index in [2.05, 4.69) is 15.7 Å². The highest BCUT2D eigenvalue weighted by Crippen LogP contribution is 2.01. The standard InChI is InChI=1S/C13H22N4O2/c1-9-6-10(2)17(16-9)8-12(19)14-7-11(18)15-13(3,4)5/h6H,7-8H2,1-5H3,(H,14,19)(H,15,18). The summed E-state index contributed by atoms with van der Waals surface area (Å²) in [6.07, 6.45) is 0. The molecule has 6 nitrogen and oxygen atoms in total. The first-order chi connectivity index (χ1) is 8.67. The lowest BCUT2D eigenvalue weighted by Gasteiger charge is -2.20. The van der Waals surface area contributed by atoms with Gasteiger partial charge in [-0.1, -0.05) is 0 Å². The lowest BCUT2D eigenvalue weighted by Crippen LogP contribution is -2.46. The van der Waals surface area contributed by atoms with E-state index in [0.29, 0.717) is 0 Å². The van der Waals surface area contributed by atoms with E-state index in [1.54, 1.807) is 4.68 Å². The molecular weight excluding hydrogens is 244 g/mol. The molecule has 0 unspecified atom stereocenters. The van der Waals surface area contributed by atoms with Crippen LogP contribution in [0.3, 0.4) is 0 Å². The number of rotatable bonds is 4. The zero-order valence-electron chi connectivity index (χ0n) is 12.2. The molecule has 0 aliphatic rings. The van der Waals surface area contributed by atoms with Crippen molar-refractivity contribution in [3.63, 3.8) is 0 Å². The summed E-state index contributed by atoms with van der Waals surface area (Å²) < 4.78 is 1.62. The Bertz CT molecular complexity index is 471. The quantitative estimate of drug-likeness (QED) is 0.834. The number of aromatic nitrogens is 2. The summed E-state index contributed by atoms with van der Waals surface area (Å²) in [5.41, 5.74) is 1.50. The first kappa shape index (κ1) is 15.2. The van der Waals surface area contributed by atoms with E-state index < -0.39 is 0 Å². The van der Waals surface area contributed by atoms with Crippen LogP contribution in [0.25, 0.3) is 0 Å². The first-order valence-electron chi connectivity index (χ1n) is 6.26. The largest absolute Gasteiger partial charge is 0.350 e. The van der Waals surface area contributed by atoms with Crippen LogP contribution in [0.1, 0.15) is 32.2 Å². The predicted octanol–water partition coefficient (Wildman–Crippen LogP) is 0.531. The molecule has 0 spiro atoms. The number of nitrogens with one attached hydrogen (secondary N) is 2. The molecule has 2 amide bonds. The molecule has 1 rings (SSSR count). The van der Waals surface area contributed by atoms with Crippen LogP contribution in [0.5, 0.6) is 0 Å². The van der Waals surface area contributed by atoms with E-state index in [9.17, 15) is 9.59 Å². The molecule has 0 aliphatic carbocycles. The maximum atomic E-state index is 11.7. The average Bonchev–Trinajstić information content (AvgIpc) is 2.52. The second-order valence-electron chi connectivity index (χ2n) is 5.66. The van der Waals surface area contributed by atoms with Crippen molar-refractivity contribution in [1.29, 1.82) is 0 Å². The zero-order chi connectivity index (χ0) is 14.6. The van der Waals surface area contributed by atoms with Gasteiger partial charge in [0.2, 0.25) is 11.8 Å². The fourth-order valence-electron chi connectivity index (χ4n) is 1.67. The molecule has 0 aromatic carbocycles. The van der Waals surface area contributed by atoms with Crippen LogP contribution in [0.15, 0.2) is 6.07 Å². The van der Waals surface area contributed by atoms with Gasteiger partial charge in [-0.15, -0.1) is 0 Å². The van der Waals surface area contributed by atoms with Crippen molar-refractivity contribution in [3.05, 3.63) is 17.5 Å². The molecule has 6 heteroatoms. The minimum atomic E-state index is -0.294. The summed E-state index contributed by atoms with van der Waals surface area (Å²) in [5.74, 6) is -0.426. The van der Waals surface area contributed by atoms with Gasteiger partial charge < -0.3 is 10.6 Å². The monoisotopic (exact) mass is 266 g/mol. The van der Waals surface area contributed by atoms with Crippen LogP contribution in [0.4, 0.5) is 0 Å². The fourth-order valence-corrected chi connectivity index (χ4v) is 1.67. The van der Waals surface area contributed by atoms with Crippen molar-refractivity contribution in [2.75, 3.05) is 6.54 Å². The molecule has 0 aliphatic heterocycles. The predicted molar refractivity (Wildman–Crippen MR) is 72.6 cm³/mol. The third kappa shape index (κ3) is 5.54. The molecule has 0 bridgehead atoms. The van der Waals surface area contributed by atoms with Crippen LogP contribution in [0, 0.1) is 13.8 Å². The Hall–Kier alpha value is -1.85. The summed E-state index contributed by atoms with van der Waals surface area (Å²) in [6, 6.07) is 1.90. The van der Waals surface area contributed by atoms with Gasteiger partial charge >= 0.3 is 0 Å². The highest BCUT2D eigenvalue weighted by atomic mass is 16.2. The minimum Gasteiger partial charge on any atom is -0.350 e. The third-order valence-electron chi connectivity index (χ3n) is 2.36. The van der Waals surface area contributed by atoms with Crippen LogP contribution in [-0.4, -0.2) is 33.7 Å². The van der Waals surface area contributed by atoms with E-state index in [1.165, 1.54) is 0 Å². The summed E-state index contributed by atoms with van der Waals surface area (Å²) in [6.45, 7) is 9.55. The fraction of sp³-hybridized carbons (Fsp3) is 0.615. The topological polar surface area (TPSA) is 76.0 Å². The van der Waals surface area contributed by atoms with E-state index >= 15 is 0 Å². The Morgan fingerprint density at radius 1 is 1.26 bits per heavy atom. The summed E-state index contributed by atoms with van der Waals surface area (Å²) in [5, 5.41) is 9.55. The Kier molecular flexibility index (Phi) is 4.69. The number of nitrogens with zero attached hydrogens (tertiary/aromatic N) is 2. The summed E-state index contributed by atoms with van der Waals surface area (Å²) >= 11 is 0. The summed E-state index contributed by atoms with van der Waals surface area (Å²) in [7, 11) is 0. The molecule has 19 heavy (non-hydrogen) atoms. The normalized spacial score (nSPS) is 11.2. The van der Waals surface area contributed by atoms with E-state index in [1.807, 2.05) is 40.7 Å². The number of hydrogen-bond acceptors (Lipinski definition) is 3. The van der Waals surface area contributed by atoms with Crippen LogP contribution < -0.4 is 10.6 Å². The smallest absolute Gasteiger partial charge is 0.242 e. The van der Waals surface area contributed by atoms with E-state index in [4.69, 9.17) is 0 Å². The van der Waals surface area contributed by atoms with Crippen molar-refractivity contribution in [2.24, 2.45) is 0 Å². The van der Waals surface area contributed by atoms with E-state index in [0.717, 1.165) is 11.4 Å². The minimum absolute atomic E-state index is 0.0185. The SMILES string of the molecule is Cc1cc(C)n(CC(=O)NCC(=O)NC(C)(C)C)n1. The Morgan fingerprint density at radius 3 is 2.37 bits per heavy atom. The average molecular weight is 266 g/mol. The lowest BCUT2D eigenvalue weighted by molar-refractivity contribution is -0.127. The van der Waals surface area contributed by atoms with Crippen LogP contribution in [-0.2, 0) is 16.1 Å². The Labute approximate surface area is 113 Å². The molecule has 0 saturated carbocycles. The number of aryl methyl sites for hydroxylation is 2. The molecule has 2 N–H and O–H groups in total. The van der Waals surface area contributed by atoms with Gasteiger partial charge in [-0.2, -0.15) is 5.10 Å². The van der Waals surface area contributed by atoms with Gasteiger partial charge in [-0.05, 0) is 40.7 Å². The first-order valence-corrected chi connectivity index (χ1v) is 6.26. The molecule has 1 aromatic heterocycles. The second kappa shape index (κ2) is 5.86. The van der Waals surface area contributed by atoms with Gasteiger partial charge in [0.05, 0.1) is 12.2 Å². The third-order valence-corrected chi connectivity index (χ3v) is 2.36. The number of carbonyl (C=O) groups excluding carboxylic acids is 2. The van der Waals surface area contributed by atoms with Crippen molar-refractivity contribution in [3.8, 4) is 0 Å². The highest BCUT2D eigenvalue weighted by Gasteiger charge is 2.14. The molecule has 0 saturated heterocycles. The molecule has 106 valence electrons. The Balaban J connectivity index is 2.40. The molecule has 1 heterocycles. The van der Waals surface area contributed by atoms with Gasteiger partial charge in [-0.25, -0.2) is 0 Å². The Morgan fingerprint density at radius 2 is 1.89 bits per heavy atom. The number of amides is 2. The maximum absolute atomic E-state index is 11.7. The van der Waals surface area contributed by atoms with Gasteiger partial charge in [0.25, 0.3) is 0 Å². The van der Waals surface area contributed by atoms with Gasteiger partial charge in [0.1, 0.15) is 6.54 Å². The number of carbonyl (C=O) groups is 2. The van der Waals surface area contributed by atoms with Gasteiger partial charge in [0, 0.05) is 11.2 Å². The van der Waals surface area contributed by atoms with Crippen LogP contribution in [0.2, 0.25) is 0 Å². The number of hydrogen-bond donors (Lipinski definition) is 2. The van der Waals surface area contributed by atoms with Gasteiger partial charge in [0.15, 0.2) is 0 Å². The molecule has 1 aromatic rings. The zero-order valence-corrected chi connectivity index (χ0v) is 12.2. The lowest BCUT2D eigenvalue weighted by atomic mass is 10.1.